The minimum absolute atomic E-state index is 0.102. The van der Waals surface area contributed by atoms with Gasteiger partial charge in [0.05, 0.1) is 0 Å². The molecule has 4 fully saturated rings. The van der Waals surface area contributed by atoms with E-state index in [2.05, 4.69) is 148 Å². The van der Waals surface area contributed by atoms with Crippen LogP contribution in [0.4, 0.5) is 17.1 Å². The Labute approximate surface area is 297 Å². The van der Waals surface area contributed by atoms with E-state index in [0.717, 1.165) is 35.2 Å². The van der Waals surface area contributed by atoms with Crippen molar-refractivity contribution in [3.63, 3.8) is 0 Å². The highest BCUT2D eigenvalue weighted by molar-refractivity contribution is 5.80. The Morgan fingerprint density at radius 3 is 2.00 bits per heavy atom. The lowest BCUT2D eigenvalue weighted by atomic mass is 9.26. The molecule has 2 bridgehead atoms. The van der Waals surface area contributed by atoms with E-state index in [1.165, 1.54) is 89.0 Å². The Morgan fingerprint density at radius 2 is 1.20 bits per heavy atom. The highest BCUT2D eigenvalue weighted by atomic mass is 16.5. The van der Waals surface area contributed by atoms with E-state index in [4.69, 9.17) is 4.74 Å². The van der Waals surface area contributed by atoms with Crippen molar-refractivity contribution in [1.29, 1.82) is 0 Å². The number of rotatable bonds is 4. The number of hydrogen-bond donors (Lipinski definition) is 0. The highest BCUT2D eigenvalue weighted by Gasteiger charge is 2.84. The maximum absolute atomic E-state index is 6.70. The molecule has 2 heteroatoms. The molecule has 0 aromatic heterocycles. The quantitative estimate of drug-likeness (QED) is 0.191. The summed E-state index contributed by atoms with van der Waals surface area (Å²) in [5.74, 6) is 5.59. The lowest BCUT2D eigenvalue weighted by molar-refractivity contribution is -0.235. The van der Waals surface area contributed by atoms with Crippen LogP contribution in [0.15, 0.2) is 115 Å². The first kappa shape index (κ1) is 29.4. The van der Waals surface area contributed by atoms with Crippen molar-refractivity contribution < 1.29 is 4.74 Å². The van der Waals surface area contributed by atoms with Gasteiger partial charge in [-0.3, -0.25) is 0 Å². The maximum atomic E-state index is 6.70. The maximum Gasteiger partial charge on any atom is 0.131 e. The predicted octanol–water partition coefficient (Wildman–Crippen LogP) is 12.6. The Kier molecular flexibility index (Phi) is 5.72. The Hall–Kier alpha value is -4.30. The van der Waals surface area contributed by atoms with Crippen LogP contribution < -0.4 is 9.64 Å². The van der Waals surface area contributed by atoms with Crippen molar-refractivity contribution in [3.05, 3.63) is 138 Å². The van der Waals surface area contributed by atoms with Gasteiger partial charge in [0.15, 0.2) is 0 Å². The summed E-state index contributed by atoms with van der Waals surface area (Å²) in [6.45, 7) is 9.66. The number of anilines is 3. The average Bonchev–Trinajstić information content (AvgIpc) is 3.66. The van der Waals surface area contributed by atoms with Crippen molar-refractivity contribution in [2.24, 2.45) is 29.1 Å². The van der Waals surface area contributed by atoms with Gasteiger partial charge in [-0.1, -0.05) is 88.4 Å². The number of nitrogens with zero attached hydrogens (tertiary/aromatic N) is 1. The van der Waals surface area contributed by atoms with Crippen LogP contribution in [-0.2, 0) is 16.2 Å². The summed E-state index contributed by atoms with van der Waals surface area (Å²) in [6.07, 6.45) is 8.19. The molecule has 250 valence electrons. The van der Waals surface area contributed by atoms with Crippen LogP contribution >= 0.6 is 0 Å². The number of ether oxygens (including phenoxy) is 1. The molecular formula is C48H47NO. The predicted molar refractivity (Wildman–Crippen MR) is 204 cm³/mol. The van der Waals surface area contributed by atoms with Gasteiger partial charge in [-0.15, -0.1) is 0 Å². The fraction of sp³-hybridized carbons (Fsp3) is 0.375. The normalized spacial score (nSPS) is 31.0. The van der Waals surface area contributed by atoms with Gasteiger partial charge in [-0.25, -0.2) is 0 Å². The van der Waals surface area contributed by atoms with E-state index < -0.39 is 0 Å². The molecule has 6 aliphatic rings. The molecule has 5 aliphatic carbocycles. The van der Waals surface area contributed by atoms with Gasteiger partial charge in [-0.2, -0.15) is 0 Å². The number of benzene rings is 5. The van der Waals surface area contributed by atoms with Gasteiger partial charge >= 0.3 is 0 Å². The smallest absolute Gasteiger partial charge is 0.131 e. The van der Waals surface area contributed by atoms with Crippen molar-refractivity contribution in [2.75, 3.05) is 4.90 Å². The van der Waals surface area contributed by atoms with E-state index in [1.807, 2.05) is 0 Å². The van der Waals surface area contributed by atoms with Gasteiger partial charge in [0.1, 0.15) is 11.5 Å². The van der Waals surface area contributed by atoms with Crippen LogP contribution in [0.3, 0.4) is 0 Å². The summed E-state index contributed by atoms with van der Waals surface area (Å²) in [5, 5.41) is 0. The van der Waals surface area contributed by atoms with Crippen molar-refractivity contribution in [1.82, 2.24) is 0 Å². The van der Waals surface area contributed by atoms with Crippen LogP contribution in [0.25, 0.3) is 11.1 Å². The van der Waals surface area contributed by atoms with E-state index >= 15 is 0 Å². The molecule has 2 nitrogen and oxygen atoms in total. The second-order valence-electron chi connectivity index (χ2n) is 18.1. The van der Waals surface area contributed by atoms with Crippen LogP contribution in [0.2, 0.25) is 0 Å². The first-order chi connectivity index (χ1) is 24.2. The third kappa shape index (κ3) is 3.60. The third-order valence-corrected chi connectivity index (χ3v) is 15.1. The molecule has 1 heterocycles. The molecule has 0 amide bonds. The van der Waals surface area contributed by atoms with Gasteiger partial charge in [0.25, 0.3) is 0 Å². The molecule has 11 rings (SSSR count). The van der Waals surface area contributed by atoms with Crippen LogP contribution in [0.1, 0.15) is 88.5 Å². The Balaban J connectivity index is 0.995. The third-order valence-electron chi connectivity index (χ3n) is 15.1. The van der Waals surface area contributed by atoms with Crippen LogP contribution in [0.5, 0.6) is 11.5 Å². The average molecular weight is 654 g/mol. The second kappa shape index (κ2) is 9.72. The van der Waals surface area contributed by atoms with Crippen molar-refractivity contribution in [3.8, 4) is 22.6 Å². The minimum Gasteiger partial charge on any atom is -0.457 e. The lowest BCUT2D eigenvalue weighted by Crippen LogP contribution is -2.74. The van der Waals surface area contributed by atoms with E-state index in [-0.39, 0.29) is 16.2 Å². The fourth-order valence-corrected chi connectivity index (χ4v) is 12.8. The topological polar surface area (TPSA) is 12.5 Å². The highest BCUT2D eigenvalue weighted by Crippen LogP contribution is 2.89. The molecule has 6 unspecified atom stereocenters. The fourth-order valence-electron chi connectivity index (χ4n) is 12.8. The van der Waals surface area contributed by atoms with E-state index in [0.29, 0.717) is 5.41 Å². The summed E-state index contributed by atoms with van der Waals surface area (Å²) in [4.78, 5) is 2.43. The van der Waals surface area contributed by atoms with E-state index in [1.54, 1.807) is 0 Å². The van der Waals surface area contributed by atoms with Crippen LogP contribution in [-0.4, -0.2) is 0 Å². The molecule has 2 spiro atoms. The molecule has 0 radical (unpaired) electrons. The zero-order valence-electron chi connectivity index (χ0n) is 29.9. The first-order valence-electron chi connectivity index (χ1n) is 19.2. The summed E-state index contributed by atoms with van der Waals surface area (Å²) < 4.78 is 6.70. The minimum atomic E-state index is 0.102. The number of hydrogen-bond acceptors (Lipinski definition) is 2. The zero-order chi connectivity index (χ0) is 33.6. The van der Waals surface area contributed by atoms with Crippen LogP contribution in [0, 0.1) is 29.1 Å². The molecule has 50 heavy (non-hydrogen) atoms. The standard InChI is InChI=1S/C48H47NO/c1-45(2)22-23-46(3,4)39-28-36(19-20-37(39)45)49(34-10-6-5-7-11-34)35-17-14-31(15-18-35)32-16-21-42-40(26-32)48(38-12-8-9-13-41(38)50-42)43-25-30-24-33-27-44(48)47(33,43)29-30/h5-21,26,28,30,33,43-44H,22-25,27,29H2,1-4H3. The summed E-state index contributed by atoms with van der Waals surface area (Å²) >= 11 is 0. The number of fused-ring (bicyclic) bond motifs is 8. The molecule has 1 aliphatic heterocycles. The molecule has 6 atom stereocenters. The monoisotopic (exact) mass is 653 g/mol. The molecule has 5 aromatic rings. The summed E-state index contributed by atoms with van der Waals surface area (Å²) in [5.41, 5.74) is 13.1. The molecular weight excluding hydrogens is 607 g/mol. The Bertz CT molecular complexity index is 2200. The lowest BCUT2D eigenvalue weighted by Gasteiger charge is -2.77. The van der Waals surface area contributed by atoms with Crippen molar-refractivity contribution in [2.45, 2.75) is 82.5 Å². The van der Waals surface area contributed by atoms with E-state index in [9.17, 15) is 0 Å². The van der Waals surface area contributed by atoms with Crippen molar-refractivity contribution >= 4 is 17.1 Å². The molecule has 5 aromatic carbocycles. The largest absolute Gasteiger partial charge is 0.457 e. The molecule has 4 saturated carbocycles. The van der Waals surface area contributed by atoms with Gasteiger partial charge in [0, 0.05) is 33.6 Å². The second-order valence-corrected chi connectivity index (χ2v) is 18.1. The Morgan fingerprint density at radius 1 is 0.540 bits per heavy atom. The summed E-state index contributed by atoms with van der Waals surface area (Å²) in [6, 6.07) is 43.5. The first-order valence-corrected chi connectivity index (χ1v) is 19.2. The van der Waals surface area contributed by atoms with Gasteiger partial charge in [-0.05, 0) is 155 Å². The SMILES string of the molecule is CC1(C)CCC(C)(C)c2cc(N(c3ccccc3)c3ccc(-c4ccc5c(c4)C4(c6ccccc6O5)C5CC6CC7CC4C75C6)cc3)ccc21. The van der Waals surface area contributed by atoms with Gasteiger partial charge < -0.3 is 9.64 Å². The summed E-state index contributed by atoms with van der Waals surface area (Å²) in [7, 11) is 0. The zero-order valence-corrected chi connectivity index (χ0v) is 29.9. The number of para-hydroxylation sites is 2. The van der Waals surface area contributed by atoms with Gasteiger partial charge in [0.2, 0.25) is 0 Å². The molecule has 0 N–H and O–H groups in total. The molecule has 0 saturated heterocycles.